The van der Waals surface area contributed by atoms with Crippen molar-refractivity contribution in [3.8, 4) is 0 Å². The Bertz CT molecular complexity index is 260. The van der Waals surface area contributed by atoms with E-state index in [2.05, 4.69) is 22.4 Å². The molecule has 0 atom stereocenters. The first-order valence-corrected chi connectivity index (χ1v) is 6.09. The van der Waals surface area contributed by atoms with Crippen LogP contribution in [0.15, 0.2) is 12.4 Å². The van der Waals surface area contributed by atoms with Gasteiger partial charge in [0.15, 0.2) is 0 Å². The summed E-state index contributed by atoms with van der Waals surface area (Å²) in [7, 11) is 0. The van der Waals surface area contributed by atoms with Crippen molar-refractivity contribution in [3.05, 3.63) is 18.0 Å². The molecule has 1 heterocycles. The average Bonchev–Trinajstić information content (AvgIpc) is 2.80. The van der Waals surface area contributed by atoms with Crippen molar-refractivity contribution in [2.75, 3.05) is 0 Å². The standard InChI is InChI=1S/C12H21N3/c1-2-10-3-5-12(6-4-10)13-7-11-8-14-15-9-11/h8-10,12-13H,2-7H2,1H3,(H,14,15). The lowest BCUT2D eigenvalue weighted by Gasteiger charge is -2.28. The first kappa shape index (κ1) is 10.7. The highest BCUT2D eigenvalue weighted by Crippen LogP contribution is 2.26. The fraction of sp³-hybridized carbons (Fsp3) is 0.750. The van der Waals surface area contributed by atoms with Crippen LogP contribution in [0.5, 0.6) is 0 Å². The van der Waals surface area contributed by atoms with Gasteiger partial charge in [0.05, 0.1) is 6.20 Å². The maximum atomic E-state index is 3.95. The highest BCUT2D eigenvalue weighted by molar-refractivity contribution is 5.01. The smallest absolute Gasteiger partial charge is 0.0532 e. The maximum Gasteiger partial charge on any atom is 0.0532 e. The summed E-state index contributed by atoms with van der Waals surface area (Å²) < 4.78 is 0. The highest BCUT2D eigenvalue weighted by atomic mass is 15.1. The topological polar surface area (TPSA) is 40.7 Å². The molecular weight excluding hydrogens is 186 g/mol. The first-order valence-electron chi connectivity index (χ1n) is 6.09. The molecular formula is C12H21N3. The van der Waals surface area contributed by atoms with E-state index >= 15 is 0 Å². The van der Waals surface area contributed by atoms with Crippen molar-refractivity contribution in [2.24, 2.45) is 5.92 Å². The summed E-state index contributed by atoms with van der Waals surface area (Å²) in [6, 6.07) is 0.725. The zero-order chi connectivity index (χ0) is 10.5. The van der Waals surface area contributed by atoms with E-state index in [9.17, 15) is 0 Å². The third-order valence-electron chi connectivity index (χ3n) is 3.57. The zero-order valence-corrected chi connectivity index (χ0v) is 9.50. The summed E-state index contributed by atoms with van der Waals surface area (Å²) in [6.07, 6.45) is 10.7. The summed E-state index contributed by atoms with van der Waals surface area (Å²) in [5.74, 6) is 0.983. The zero-order valence-electron chi connectivity index (χ0n) is 9.50. The van der Waals surface area contributed by atoms with Crippen LogP contribution in [0.1, 0.15) is 44.6 Å². The van der Waals surface area contributed by atoms with Gasteiger partial charge in [-0.3, -0.25) is 5.10 Å². The minimum absolute atomic E-state index is 0.725. The van der Waals surface area contributed by atoms with Crippen molar-refractivity contribution >= 4 is 0 Å². The molecule has 0 aromatic carbocycles. The predicted molar refractivity (Wildman–Crippen MR) is 61.5 cm³/mol. The molecule has 0 amide bonds. The molecule has 1 aliphatic rings. The lowest BCUT2D eigenvalue weighted by atomic mass is 9.84. The van der Waals surface area contributed by atoms with Crippen molar-refractivity contribution < 1.29 is 0 Å². The van der Waals surface area contributed by atoms with Crippen molar-refractivity contribution in [3.63, 3.8) is 0 Å². The minimum Gasteiger partial charge on any atom is -0.310 e. The fourth-order valence-corrected chi connectivity index (χ4v) is 2.41. The van der Waals surface area contributed by atoms with Gasteiger partial charge in [0.1, 0.15) is 0 Å². The third-order valence-corrected chi connectivity index (χ3v) is 3.57. The summed E-state index contributed by atoms with van der Waals surface area (Å²) in [5, 5.41) is 10.4. The van der Waals surface area contributed by atoms with Gasteiger partial charge < -0.3 is 5.32 Å². The molecule has 0 unspecified atom stereocenters. The van der Waals surface area contributed by atoms with E-state index in [-0.39, 0.29) is 0 Å². The molecule has 3 nitrogen and oxygen atoms in total. The number of hydrogen-bond acceptors (Lipinski definition) is 2. The molecule has 3 heteroatoms. The van der Waals surface area contributed by atoms with Crippen LogP contribution in [0.25, 0.3) is 0 Å². The molecule has 1 aliphatic carbocycles. The van der Waals surface area contributed by atoms with Gasteiger partial charge in [0.2, 0.25) is 0 Å². The van der Waals surface area contributed by atoms with E-state index in [4.69, 9.17) is 0 Å². The number of H-pyrrole nitrogens is 1. The summed E-state index contributed by atoms with van der Waals surface area (Å²) in [4.78, 5) is 0. The number of aromatic amines is 1. The third kappa shape index (κ3) is 3.06. The Morgan fingerprint density at radius 1 is 1.40 bits per heavy atom. The number of nitrogens with one attached hydrogen (secondary N) is 2. The number of nitrogens with zero attached hydrogens (tertiary/aromatic N) is 1. The first-order chi connectivity index (χ1) is 7.38. The maximum absolute atomic E-state index is 3.95. The number of aromatic nitrogens is 2. The normalized spacial score (nSPS) is 26.7. The molecule has 2 rings (SSSR count). The summed E-state index contributed by atoms with van der Waals surface area (Å²) in [6.45, 7) is 3.27. The van der Waals surface area contributed by atoms with Crippen LogP contribution in [0, 0.1) is 5.92 Å². The molecule has 0 saturated heterocycles. The number of hydrogen-bond donors (Lipinski definition) is 2. The van der Waals surface area contributed by atoms with Gasteiger partial charge in [0.25, 0.3) is 0 Å². The predicted octanol–water partition coefficient (Wildman–Crippen LogP) is 2.47. The van der Waals surface area contributed by atoms with Crippen molar-refractivity contribution in [2.45, 2.75) is 51.6 Å². The molecule has 1 fully saturated rings. The van der Waals surface area contributed by atoms with E-state index < -0.39 is 0 Å². The average molecular weight is 207 g/mol. The van der Waals surface area contributed by atoms with Crippen LogP contribution in [0.4, 0.5) is 0 Å². The largest absolute Gasteiger partial charge is 0.310 e. The van der Waals surface area contributed by atoms with Crippen LogP contribution in [-0.4, -0.2) is 16.2 Å². The van der Waals surface area contributed by atoms with E-state index in [0.717, 1.165) is 18.5 Å². The lowest BCUT2D eigenvalue weighted by molar-refractivity contribution is 0.285. The second-order valence-electron chi connectivity index (χ2n) is 4.61. The monoisotopic (exact) mass is 207 g/mol. The summed E-state index contributed by atoms with van der Waals surface area (Å²) >= 11 is 0. The SMILES string of the molecule is CCC1CCC(NCc2cn[nH]c2)CC1. The van der Waals surface area contributed by atoms with Crippen molar-refractivity contribution in [1.29, 1.82) is 0 Å². The fourth-order valence-electron chi connectivity index (χ4n) is 2.41. The molecule has 0 bridgehead atoms. The van der Waals surface area contributed by atoms with Gasteiger partial charge in [-0.2, -0.15) is 5.10 Å². The molecule has 2 N–H and O–H groups in total. The Kier molecular flexibility index (Phi) is 3.78. The van der Waals surface area contributed by atoms with E-state index in [0.29, 0.717) is 0 Å². The molecule has 84 valence electrons. The Morgan fingerprint density at radius 3 is 2.80 bits per heavy atom. The van der Waals surface area contributed by atoms with Gasteiger partial charge in [-0.15, -0.1) is 0 Å². The van der Waals surface area contributed by atoms with E-state index in [1.807, 2.05) is 12.4 Å². The molecule has 1 aromatic heterocycles. The second kappa shape index (κ2) is 5.31. The van der Waals surface area contributed by atoms with Crippen LogP contribution in [0.2, 0.25) is 0 Å². The molecule has 0 spiro atoms. The molecule has 0 radical (unpaired) electrons. The molecule has 15 heavy (non-hydrogen) atoms. The van der Waals surface area contributed by atoms with Crippen LogP contribution in [0.3, 0.4) is 0 Å². The Morgan fingerprint density at radius 2 is 2.20 bits per heavy atom. The van der Waals surface area contributed by atoms with Crippen LogP contribution in [-0.2, 0) is 6.54 Å². The highest BCUT2D eigenvalue weighted by Gasteiger charge is 2.19. The Labute approximate surface area is 91.7 Å². The quantitative estimate of drug-likeness (QED) is 0.796. The van der Waals surface area contributed by atoms with E-state index in [1.54, 1.807) is 0 Å². The van der Waals surface area contributed by atoms with Gasteiger partial charge in [-0.1, -0.05) is 13.3 Å². The van der Waals surface area contributed by atoms with Gasteiger partial charge in [0, 0.05) is 24.3 Å². The van der Waals surface area contributed by atoms with Gasteiger partial charge in [-0.25, -0.2) is 0 Å². The Balaban J connectivity index is 1.69. The number of rotatable bonds is 4. The molecule has 1 saturated carbocycles. The lowest BCUT2D eigenvalue weighted by Crippen LogP contribution is -2.32. The molecule has 0 aliphatic heterocycles. The van der Waals surface area contributed by atoms with Crippen molar-refractivity contribution in [1.82, 2.24) is 15.5 Å². The molecule has 1 aromatic rings. The minimum atomic E-state index is 0.725. The summed E-state index contributed by atoms with van der Waals surface area (Å²) in [5.41, 5.74) is 1.26. The Hall–Kier alpha value is -0.830. The van der Waals surface area contributed by atoms with Gasteiger partial charge >= 0.3 is 0 Å². The van der Waals surface area contributed by atoms with E-state index in [1.165, 1.54) is 37.7 Å². The second-order valence-corrected chi connectivity index (χ2v) is 4.61. The van der Waals surface area contributed by atoms with Gasteiger partial charge in [-0.05, 0) is 31.6 Å². The van der Waals surface area contributed by atoms with Crippen LogP contribution < -0.4 is 5.32 Å². The van der Waals surface area contributed by atoms with Crippen LogP contribution >= 0.6 is 0 Å².